The van der Waals surface area contributed by atoms with E-state index in [2.05, 4.69) is 42.2 Å². The van der Waals surface area contributed by atoms with Gasteiger partial charge in [0.05, 0.1) is 25.9 Å². The van der Waals surface area contributed by atoms with Crippen LogP contribution in [0.25, 0.3) is 22.3 Å². The van der Waals surface area contributed by atoms with E-state index in [0.717, 1.165) is 0 Å². The lowest BCUT2D eigenvalue weighted by Crippen LogP contribution is -2.36. The summed E-state index contributed by atoms with van der Waals surface area (Å²) in [5.41, 5.74) is 11.3. The Bertz CT molecular complexity index is 1940. The maximum absolute atomic E-state index is 13.5. The molecule has 3 saturated heterocycles. The average molecular weight is 707 g/mol. The van der Waals surface area contributed by atoms with E-state index >= 15 is 0 Å². The number of aromatic amines is 1. The van der Waals surface area contributed by atoms with Crippen LogP contribution in [0, 0.1) is 0 Å². The van der Waals surface area contributed by atoms with E-state index in [-0.39, 0.29) is 34.1 Å². The fraction of sp³-hybridized carbons (Fsp3) is 0.500. The van der Waals surface area contributed by atoms with Crippen molar-refractivity contribution in [3.63, 3.8) is 0 Å². The van der Waals surface area contributed by atoms with Crippen LogP contribution in [0.5, 0.6) is 0 Å². The third-order valence-corrected chi connectivity index (χ3v) is 10.5. The second-order valence-corrected chi connectivity index (χ2v) is 15.8. The molecular formula is C20H24N10O11P2S2. The van der Waals surface area contributed by atoms with E-state index in [0.29, 0.717) is 0 Å². The quantitative estimate of drug-likeness (QED) is 0.0942. The number of nitrogens with two attached hydrogens (primary N) is 2. The number of hydrogen-bond donors (Lipinski definition) is 7. The second-order valence-electron chi connectivity index (χ2n) is 10.1. The Morgan fingerprint density at radius 2 is 1.62 bits per heavy atom. The Morgan fingerprint density at radius 3 is 2.40 bits per heavy atom. The predicted octanol–water partition coefficient (Wildman–Crippen LogP) is -1.29. The number of anilines is 2. The zero-order chi connectivity index (χ0) is 31.8. The molecule has 8 N–H and O–H groups in total. The minimum Gasteiger partial charge on any atom is -0.387 e. The van der Waals surface area contributed by atoms with E-state index in [9.17, 15) is 24.5 Å². The van der Waals surface area contributed by atoms with Crippen molar-refractivity contribution in [3.05, 3.63) is 29.3 Å². The van der Waals surface area contributed by atoms with Gasteiger partial charge in [0.1, 0.15) is 48.5 Å². The molecule has 0 aliphatic carbocycles. The topological polar surface area (TPSA) is 292 Å². The molecule has 45 heavy (non-hydrogen) atoms. The highest BCUT2D eigenvalue weighted by molar-refractivity contribution is 8.44. The first-order valence-corrected chi connectivity index (χ1v) is 18.2. The number of aliphatic hydroxyl groups excluding tert-OH is 2. The number of imidazole rings is 2. The molecule has 0 radical (unpaired) electrons. The standard InChI is InChI=1S/C20H24N10O11P2S2/c21-14-8-15(24-3-23-14)29(4-25-8)18-11(32)12-7(39-18)2-37-43(35,45)41-13-10(31)6(1-36-42(34,44)40-12)38-19(13)30-5-26-9-16(30)27-20(22)28-17(9)33/h3-7,10-13,18-19,31-32H,1-2H2,(H,34,44)(H,35,45)(H2,21,23,24)(H3,22,27,28,33)/t6-,7-,10?,11+,12?,13+,18-,19-,42?,43?/m1/s1. The predicted molar refractivity (Wildman–Crippen MR) is 157 cm³/mol. The van der Waals surface area contributed by atoms with Gasteiger partial charge in [-0.25, -0.2) is 24.5 Å². The molecule has 21 nitrogen and oxygen atoms in total. The number of nitrogens with zero attached hydrogens (tertiary/aromatic N) is 7. The first-order chi connectivity index (χ1) is 21.3. The molecule has 4 aromatic heterocycles. The van der Waals surface area contributed by atoms with Gasteiger partial charge in [-0.1, -0.05) is 12.2 Å². The van der Waals surface area contributed by atoms with Gasteiger partial charge in [-0.15, -0.1) is 0 Å². The van der Waals surface area contributed by atoms with Gasteiger partial charge in [-0.05, 0) is 11.8 Å². The molecule has 0 saturated carbocycles. The number of nitrogens with one attached hydrogen (secondary N) is 1. The van der Waals surface area contributed by atoms with E-state index in [1.807, 2.05) is 0 Å². The van der Waals surface area contributed by atoms with Crippen molar-refractivity contribution < 1.29 is 47.2 Å². The number of aliphatic hydroxyl groups is 2. The van der Waals surface area contributed by atoms with Gasteiger partial charge in [0.2, 0.25) is 5.95 Å². The van der Waals surface area contributed by atoms with Crippen LogP contribution in [0.15, 0.2) is 23.8 Å². The van der Waals surface area contributed by atoms with Crippen LogP contribution in [0.4, 0.5) is 11.8 Å². The first kappa shape index (κ1) is 31.0. The molecule has 4 unspecified atom stereocenters. The van der Waals surface area contributed by atoms with Crippen molar-refractivity contribution in [1.82, 2.24) is 39.0 Å². The minimum atomic E-state index is -4.37. The van der Waals surface area contributed by atoms with E-state index in [1.54, 1.807) is 0 Å². The highest BCUT2D eigenvalue weighted by Gasteiger charge is 2.53. The molecule has 3 aliphatic rings. The fourth-order valence-corrected chi connectivity index (χ4v) is 8.20. The van der Waals surface area contributed by atoms with Crippen LogP contribution in [0.2, 0.25) is 0 Å². The van der Waals surface area contributed by atoms with E-state index in [1.165, 1.54) is 28.1 Å². The normalized spacial score (nSPS) is 37.7. The van der Waals surface area contributed by atoms with E-state index in [4.69, 9.17) is 50.8 Å². The summed E-state index contributed by atoms with van der Waals surface area (Å²) in [7, 11) is 0. The molecule has 242 valence electrons. The number of hydrogen-bond acceptors (Lipinski definition) is 18. The van der Waals surface area contributed by atoms with Gasteiger partial charge in [0.25, 0.3) is 5.56 Å². The Kier molecular flexibility index (Phi) is 7.76. The highest BCUT2D eigenvalue weighted by atomic mass is 32.7. The minimum absolute atomic E-state index is 0.0310. The van der Waals surface area contributed by atoms with Gasteiger partial charge in [0.15, 0.2) is 35.1 Å². The lowest BCUT2D eigenvalue weighted by atomic mass is 10.1. The smallest absolute Gasteiger partial charge is 0.386 e. The van der Waals surface area contributed by atoms with Gasteiger partial charge >= 0.3 is 13.5 Å². The Hall–Kier alpha value is -2.63. The number of H-pyrrole nitrogens is 1. The van der Waals surface area contributed by atoms with Crippen molar-refractivity contribution in [2.75, 3.05) is 24.7 Å². The molecule has 0 aromatic carbocycles. The third kappa shape index (κ3) is 5.56. The number of aromatic nitrogens is 8. The van der Waals surface area contributed by atoms with Gasteiger partial charge in [-0.3, -0.25) is 32.5 Å². The van der Waals surface area contributed by atoms with Gasteiger partial charge < -0.3 is 40.6 Å². The van der Waals surface area contributed by atoms with Crippen LogP contribution in [0.1, 0.15) is 12.5 Å². The lowest BCUT2D eigenvalue weighted by Gasteiger charge is -2.27. The molecule has 7 heterocycles. The largest absolute Gasteiger partial charge is 0.387 e. The molecule has 10 atom stereocenters. The van der Waals surface area contributed by atoms with Crippen molar-refractivity contribution in [2.24, 2.45) is 0 Å². The molecular weight excluding hydrogens is 682 g/mol. The van der Waals surface area contributed by atoms with Crippen LogP contribution >= 0.6 is 25.8 Å². The van der Waals surface area contributed by atoms with Crippen LogP contribution < -0.4 is 17.0 Å². The summed E-state index contributed by atoms with van der Waals surface area (Å²) in [4.78, 5) is 45.9. The number of rotatable bonds is 2. The molecule has 4 aromatic rings. The summed E-state index contributed by atoms with van der Waals surface area (Å²) in [6.45, 7) is -9.68. The van der Waals surface area contributed by atoms with Crippen molar-refractivity contribution in [3.8, 4) is 0 Å². The van der Waals surface area contributed by atoms with E-state index < -0.39 is 81.4 Å². The average Bonchev–Trinajstić information content (AvgIpc) is 3.72. The highest BCUT2D eigenvalue weighted by Crippen LogP contribution is 2.58. The molecule has 0 amide bonds. The summed E-state index contributed by atoms with van der Waals surface area (Å²) < 4.78 is 50.5. The van der Waals surface area contributed by atoms with Gasteiger partial charge in [-0.2, -0.15) is 4.98 Å². The summed E-state index contributed by atoms with van der Waals surface area (Å²) in [5, 5.41) is 22.4. The van der Waals surface area contributed by atoms with Crippen LogP contribution in [-0.2, 0) is 43.9 Å². The summed E-state index contributed by atoms with van der Waals surface area (Å²) in [6.07, 6.45) is -7.27. The molecule has 25 heteroatoms. The summed E-state index contributed by atoms with van der Waals surface area (Å²) in [6, 6.07) is 0. The van der Waals surface area contributed by atoms with Gasteiger partial charge in [0, 0.05) is 0 Å². The Balaban J connectivity index is 1.21. The molecule has 3 aliphatic heterocycles. The maximum Gasteiger partial charge on any atom is 0.386 e. The third-order valence-electron chi connectivity index (χ3n) is 7.32. The van der Waals surface area contributed by atoms with Crippen molar-refractivity contribution in [1.29, 1.82) is 0 Å². The second kappa shape index (κ2) is 11.3. The monoisotopic (exact) mass is 706 g/mol. The number of thiol groups is 1. The maximum atomic E-state index is 13.5. The zero-order valence-corrected chi connectivity index (χ0v) is 25.9. The molecule has 2 bridgehead atoms. The first-order valence-electron chi connectivity index (χ1n) is 13.0. The number of fused-ring (bicyclic) bond motifs is 5. The molecule has 7 rings (SSSR count). The van der Waals surface area contributed by atoms with Crippen molar-refractivity contribution >= 4 is 71.7 Å². The number of ether oxygens (including phenoxy) is 2. The number of nitrogen functional groups attached to an aromatic ring is 2. The van der Waals surface area contributed by atoms with Crippen molar-refractivity contribution in [2.45, 2.75) is 49.1 Å². The zero-order valence-electron chi connectivity index (χ0n) is 22.4. The summed E-state index contributed by atoms with van der Waals surface area (Å²) >= 11 is 9.29. The lowest BCUT2D eigenvalue weighted by molar-refractivity contribution is -0.0588. The summed E-state index contributed by atoms with van der Waals surface area (Å²) in [5.74, 6) is -0.132. The SMILES string of the molecule is Nc1nc2c(ncn2[C@@H]2O[C@@H]3COP(O)(=S)OC4[C@@H](COP(=O)(S)O[C@H]2C3O)O[C@@H](n2cnc3c(N)ncnc32)[C@H]4O)c(=O)[nH]1. The Morgan fingerprint density at radius 1 is 0.933 bits per heavy atom. The van der Waals surface area contributed by atoms with Crippen LogP contribution in [-0.4, -0.2) is 104 Å². The molecule has 0 spiro atoms. The fourth-order valence-electron chi connectivity index (χ4n) is 5.30. The molecule has 3 fully saturated rings. The van der Waals surface area contributed by atoms with Crippen LogP contribution in [0.3, 0.4) is 0 Å². The Labute approximate surface area is 260 Å².